The molecular weight excluding hydrogens is 244 g/mol. The van der Waals surface area contributed by atoms with E-state index in [2.05, 4.69) is 16.3 Å². The van der Waals surface area contributed by atoms with E-state index < -0.39 is 0 Å². The molecule has 1 aromatic heterocycles. The van der Waals surface area contributed by atoms with Gasteiger partial charge in [-0.15, -0.1) is 11.3 Å². The molecule has 0 aromatic carbocycles. The zero-order chi connectivity index (χ0) is 12.4. The maximum Gasteiger partial charge on any atom is 0.223 e. The van der Waals surface area contributed by atoms with Crippen molar-refractivity contribution in [3.8, 4) is 0 Å². The van der Waals surface area contributed by atoms with Gasteiger partial charge in [0.1, 0.15) is 0 Å². The van der Waals surface area contributed by atoms with Crippen molar-refractivity contribution < 1.29 is 4.79 Å². The standard InChI is InChI=1S/C14H20N2OS/c17-14(16-6-1-2-7-16)4-9-15-8-3-12-5-10-18-13(12)11-15/h5,10H,1-4,6-9,11H2. The molecule has 0 spiro atoms. The average molecular weight is 264 g/mol. The summed E-state index contributed by atoms with van der Waals surface area (Å²) in [4.78, 5) is 17.9. The number of rotatable bonds is 3. The van der Waals surface area contributed by atoms with Crippen LogP contribution in [0.15, 0.2) is 11.4 Å². The van der Waals surface area contributed by atoms with Gasteiger partial charge >= 0.3 is 0 Å². The third-order valence-electron chi connectivity index (χ3n) is 4.00. The van der Waals surface area contributed by atoms with Gasteiger partial charge in [-0.05, 0) is 36.3 Å². The summed E-state index contributed by atoms with van der Waals surface area (Å²) in [6.45, 7) is 5.03. The van der Waals surface area contributed by atoms with Crippen LogP contribution in [0, 0.1) is 0 Å². The van der Waals surface area contributed by atoms with E-state index >= 15 is 0 Å². The van der Waals surface area contributed by atoms with Crippen LogP contribution in [0.1, 0.15) is 29.7 Å². The number of hydrogen-bond donors (Lipinski definition) is 0. The lowest BCUT2D eigenvalue weighted by molar-refractivity contribution is -0.130. The van der Waals surface area contributed by atoms with Crippen LogP contribution in [-0.4, -0.2) is 41.9 Å². The first-order valence-corrected chi connectivity index (χ1v) is 7.76. The Morgan fingerprint density at radius 3 is 2.94 bits per heavy atom. The summed E-state index contributed by atoms with van der Waals surface area (Å²) < 4.78 is 0. The molecule has 0 bridgehead atoms. The zero-order valence-electron chi connectivity index (χ0n) is 10.7. The molecule has 0 N–H and O–H groups in total. The Morgan fingerprint density at radius 2 is 2.11 bits per heavy atom. The molecular formula is C14H20N2OS. The highest BCUT2D eigenvalue weighted by molar-refractivity contribution is 7.10. The number of amides is 1. The molecule has 0 aliphatic carbocycles. The number of carbonyl (C=O) groups is 1. The van der Waals surface area contributed by atoms with Gasteiger partial charge in [0.2, 0.25) is 5.91 Å². The molecule has 0 saturated carbocycles. The zero-order valence-corrected chi connectivity index (χ0v) is 11.5. The number of carbonyl (C=O) groups excluding carboxylic acids is 1. The lowest BCUT2D eigenvalue weighted by Crippen LogP contribution is -2.35. The Hall–Kier alpha value is -0.870. The fourth-order valence-electron chi connectivity index (χ4n) is 2.86. The van der Waals surface area contributed by atoms with Crippen LogP contribution in [0.4, 0.5) is 0 Å². The molecule has 0 unspecified atom stereocenters. The Kier molecular flexibility index (Phi) is 3.66. The first-order chi connectivity index (χ1) is 8.83. The fourth-order valence-corrected chi connectivity index (χ4v) is 3.83. The Balaban J connectivity index is 1.48. The van der Waals surface area contributed by atoms with E-state index in [9.17, 15) is 4.79 Å². The van der Waals surface area contributed by atoms with Crippen LogP contribution in [0.5, 0.6) is 0 Å². The molecule has 1 aromatic rings. The second kappa shape index (κ2) is 5.41. The van der Waals surface area contributed by atoms with Crippen molar-refractivity contribution in [2.24, 2.45) is 0 Å². The largest absolute Gasteiger partial charge is 0.343 e. The summed E-state index contributed by atoms with van der Waals surface area (Å²) in [6.07, 6.45) is 4.22. The maximum absolute atomic E-state index is 12.0. The van der Waals surface area contributed by atoms with Crippen molar-refractivity contribution in [3.63, 3.8) is 0 Å². The van der Waals surface area contributed by atoms with E-state index in [4.69, 9.17) is 0 Å². The number of thiophene rings is 1. The number of fused-ring (bicyclic) bond motifs is 1. The van der Waals surface area contributed by atoms with Crippen LogP contribution in [0.2, 0.25) is 0 Å². The van der Waals surface area contributed by atoms with Crippen molar-refractivity contribution in [2.75, 3.05) is 26.2 Å². The van der Waals surface area contributed by atoms with Gasteiger partial charge < -0.3 is 4.90 Å². The van der Waals surface area contributed by atoms with Gasteiger partial charge in [-0.1, -0.05) is 0 Å². The monoisotopic (exact) mass is 264 g/mol. The van der Waals surface area contributed by atoms with Gasteiger partial charge in [-0.3, -0.25) is 9.69 Å². The molecule has 3 rings (SSSR count). The predicted molar refractivity (Wildman–Crippen MR) is 73.7 cm³/mol. The van der Waals surface area contributed by atoms with Crippen LogP contribution < -0.4 is 0 Å². The van der Waals surface area contributed by atoms with Crippen molar-refractivity contribution in [1.82, 2.24) is 9.80 Å². The van der Waals surface area contributed by atoms with Crippen molar-refractivity contribution in [3.05, 3.63) is 21.9 Å². The van der Waals surface area contributed by atoms with Crippen LogP contribution in [-0.2, 0) is 17.8 Å². The smallest absolute Gasteiger partial charge is 0.223 e. The molecule has 0 radical (unpaired) electrons. The highest BCUT2D eigenvalue weighted by atomic mass is 32.1. The van der Waals surface area contributed by atoms with Crippen LogP contribution in [0.3, 0.4) is 0 Å². The average Bonchev–Trinajstić information content (AvgIpc) is 3.05. The van der Waals surface area contributed by atoms with E-state index in [1.54, 1.807) is 0 Å². The minimum Gasteiger partial charge on any atom is -0.343 e. The normalized spacial score (nSPS) is 20.1. The molecule has 0 atom stereocenters. The highest BCUT2D eigenvalue weighted by Gasteiger charge is 2.21. The van der Waals surface area contributed by atoms with Gasteiger partial charge in [-0.2, -0.15) is 0 Å². The number of likely N-dealkylation sites (tertiary alicyclic amines) is 1. The van der Waals surface area contributed by atoms with E-state index in [1.807, 2.05) is 16.2 Å². The van der Waals surface area contributed by atoms with Gasteiger partial charge in [0.15, 0.2) is 0 Å². The van der Waals surface area contributed by atoms with E-state index in [-0.39, 0.29) is 0 Å². The summed E-state index contributed by atoms with van der Waals surface area (Å²) in [6, 6.07) is 2.24. The number of nitrogens with zero attached hydrogens (tertiary/aromatic N) is 2. The molecule has 3 heterocycles. The second-order valence-corrected chi connectivity index (χ2v) is 6.23. The molecule has 4 heteroatoms. The SMILES string of the molecule is O=C(CCN1CCc2ccsc2C1)N1CCCC1. The second-order valence-electron chi connectivity index (χ2n) is 5.23. The summed E-state index contributed by atoms with van der Waals surface area (Å²) in [5.41, 5.74) is 1.52. The quantitative estimate of drug-likeness (QED) is 0.835. The van der Waals surface area contributed by atoms with Crippen molar-refractivity contribution in [1.29, 1.82) is 0 Å². The van der Waals surface area contributed by atoms with Crippen LogP contribution >= 0.6 is 11.3 Å². The molecule has 1 amide bonds. The maximum atomic E-state index is 12.0. The van der Waals surface area contributed by atoms with Crippen molar-refractivity contribution >= 4 is 17.2 Å². The third kappa shape index (κ3) is 2.59. The molecule has 98 valence electrons. The molecule has 2 aliphatic rings. The fraction of sp³-hybridized carbons (Fsp3) is 0.643. The highest BCUT2D eigenvalue weighted by Crippen LogP contribution is 2.24. The third-order valence-corrected chi connectivity index (χ3v) is 4.95. The van der Waals surface area contributed by atoms with Gasteiger partial charge in [0.25, 0.3) is 0 Å². The Bertz CT molecular complexity index is 423. The summed E-state index contributed by atoms with van der Waals surface area (Å²) in [5, 5.41) is 2.18. The molecule has 18 heavy (non-hydrogen) atoms. The van der Waals surface area contributed by atoms with Gasteiger partial charge in [0, 0.05) is 44.0 Å². The Labute approximate surface area is 112 Å². The first-order valence-electron chi connectivity index (χ1n) is 6.88. The minimum atomic E-state index is 0.351. The molecule has 1 saturated heterocycles. The first kappa shape index (κ1) is 12.2. The molecule has 2 aliphatic heterocycles. The minimum absolute atomic E-state index is 0.351. The summed E-state index contributed by atoms with van der Waals surface area (Å²) in [7, 11) is 0. The topological polar surface area (TPSA) is 23.6 Å². The summed E-state index contributed by atoms with van der Waals surface area (Å²) >= 11 is 1.85. The van der Waals surface area contributed by atoms with Crippen LogP contribution in [0.25, 0.3) is 0 Å². The van der Waals surface area contributed by atoms with Gasteiger partial charge in [-0.25, -0.2) is 0 Å². The lowest BCUT2D eigenvalue weighted by Gasteiger charge is -2.27. The molecule has 3 nitrogen and oxygen atoms in total. The van der Waals surface area contributed by atoms with E-state index in [0.717, 1.165) is 39.1 Å². The predicted octanol–water partition coefficient (Wildman–Crippen LogP) is 2.12. The summed E-state index contributed by atoms with van der Waals surface area (Å²) in [5.74, 6) is 0.351. The van der Waals surface area contributed by atoms with E-state index in [1.165, 1.54) is 23.3 Å². The molecule has 1 fully saturated rings. The van der Waals surface area contributed by atoms with Crippen molar-refractivity contribution in [2.45, 2.75) is 32.2 Å². The van der Waals surface area contributed by atoms with Gasteiger partial charge in [0.05, 0.1) is 0 Å². The number of hydrogen-bond acceptors (Lipinski definition) is 3. The van der Waals surface area contributed by atoms with E-state index in [0.29, 0.717) is 12.3 Å². The Morgan fingerprint density at radius 1 is 1.28 bits per heavy atom. The lowest BCUT2D eigenvalue weighted by atomic mass is 10.1.